The number of likely N-dealkylation sites (N-methyl/N-ethyl adjacent to an activating group) is 1. The van der Waals surface area contributed by atoms with Gasteiger partial charge in [-0.3, -0.25) is 15.1 Å². The molecule has 2 heterocycles. The molecule has 1 N–H and O–H groups in total. The van der Waals surface area contributed by atoms with Crippen molar-refractivity contribution in [3.05, 3.63) is 34.5 Å². The van der Waals surface area contributed by atoms with Crippen molar-refractivity contribution < 1.29 is 10.0 Å². The highest BCUT2D eigenvalue weighted by atomic mass is 16.6. The second-order valence-electron chi connectivity index (χ2n) is 5.21. The van der Waals surface area contributed by atoms with E-state index in [1.807, 2.05) is 6.07 Å². The molecule has 0 spiro atoms. The second kappa shape index (κ2) is 5.17. The van der Waals surface area contributed by atoms with E-state index >= 15 is 0 Å². The van der Waals surface area contributed by atoms with Crippen molar-refractivity contribution in [2.75, 3.05) is 38.1 Å². The molecular weight excluding hydrogens is 272 g/mol. The molecule has 0 aliphatic carbocycles. The molecule has 3 rings (SSSR count). The number of anilines is 1. The molecule has 1 aromatic heterocycles. The number of nitro benzene ring substituents is 1. The summed E-state index contributed by atoms with van der Waals surface area (Å²) in [4.78, 5) is 18.9. The number of rotatable bonds is 2. The van der Waals surface area contributed by atoms with Crippen molar-refractivity contribution in [1.82, 2.24) is 9.88 Å². The van der Waals surface area contributed by atoms with Crippen LogP contribution in [0.25, 0.3) is 10.9 Å². The molecule has 0 unspecified atom stereocenters. The maximum Gasteiger partial charge on any atom is 0.313 e. The third-order valence-corrected chi connectivity index (χ3v) is 3.88. The van der Waals surface area contributed by atoms with Gasteiger partial charge in [0.2, 0.25) is 5.75 Å². The molecule has 7 nitrogen and oxygen atoms in total. The molecule has 110 valence electrons. The number of hydrogen-bond acceptors (Lipinski definition) is 6. The minimum absolute atomic E-state index is 0.278. The first-order valence-electron chi connectivity index (χ1n) is 6.76. The lowest BCUT2D eigenvalue weighted by Gasteiger charge is -2.34. The molecule has 0 saturated carbocycles. The highest BCUT2D eigenvalue weighted by Crippen LogP contribution is 2.36. The van der Waals surface area contributed by atoms with Crippen LogP contribution in [-0.4, -0.2) is 53.1 Å². The van der Waals surface area contributed by atoms with Gasteiger partial charge in [0.25, 0.3) is 0 Å². The Bertz CT molecular complexity index is 696. The van der Waals surface area contributed by atoms with Gasteiger partial charge in [-0.2, -0.15) is 0 Å². The first-order chi connectivity index (χ1) is 10.1. The molecule has 21 heavy (non-hydrogen) atoms. The van der Waals surface area contributed by atoms with Crippen LogP contribution < -0.4 is 4.90 Å². The molecular formula is C14H16N4O3. The van der Waals surface area contributed by atoms with E-state index in [1.54, 1.807) is 12.3 Å². The Balaban J connectivity index is 2.08. The van der Waals surface area contributed by atoms with Crippen LogP contribution in [0.2, 0.25) is 0 Å². The molecule has 1 saturated heterocycles. The molecule has 0 amide bonds. The lowest BCUT2D eigenvalue weighted by molar-refractivity contribution is -0.385. The largest absolute Gasteiger partial charge is 0.501 e. The number of aromatic hydroxyl groups is 1. The Hall–Kier alpha value is -2.41. The molecule has 1 aliphatic rings. The van der Waals surface area contributed by atoms with Gasteiger partial charge in [-0.05, 0) is 19.2 Å². The van der Waals surface area contributed by atoms with Crippen molar-refractivity contribution in [3.8, 4) is 5.75 Å². The first-order valence-corrected chi connectivity index (χ1v) is 6.76. The van der Waals surface area contributed by atoms with Gasteiger partial charge in [-0.25, -0.2) is 0 Å². The molecule has 1 aromatic carbocycles. The SMILES string of the molecule is CN1CCN(c2ccnc3c(O)c([N+](=O)[O-])ccc23)CC1. The Morgan fingerprint density at radius 1 is 1.24 bits per heavy atom. The number of nitrogens with zero attached hydrogens (tertiary/aromatic N) is 4. The predicted octanol–water partition coefficient (Wildman–Crippen LogP) is 1.60. The van der Waals surface area contributed by atoms with E-state index in [4.69, 9.17) is 0 Å². The highest BCUT2D eigenvalue weighted by Gasteiger charge is 2.21. The van der Waals surface area contributed by atoms with Crippen molar-refractivity contribution >= 4 is 22.3 Å². The smallest absolute Gasteiger partial charge is 0.313 e. The lowest BCUT2D eigenvalue weighted by Crippen LogP contribution is -2.44. The van der Waals surface area contributed by atoms with E-state index < -0.39 is 4.92 Å². The standard InChI is InChI=1S/C14H16N4O3/c1-16-6-8-17(9-7-16)11-4-5-15-13-10(11)2-3-12(14(13)19)18(20)21/h2-5,19H,6-9H2,1H3. The predicted molar refractivity (Wildman–Crippen MR) is 79.8 cm³/mol. The van der Waals surface area contributed by atoms with Crippen LogP contribution in [-0.2, 0) is 0 Å². The van der Waals surface area contributed by atoms with Crippen molar-refractivity contribution in [1.29, 1.82) is 0 Å². The summed E-state index contributed by atoms with van der Waals surface area (Å²) >= 11 is 0. The lowest BCUT2D eigenvalue weighted by atomic mass is 10.1. The fourth-order valence-corrected chi connectivity index (χ4v) is 2.65. The average Bonchev–Trinajstić information content (AvgIpc) is 2.48. The summed E-state index contributed by atoms with van der Waals surface area (Å²) in [5.41, 5.74) is 0.921. The van der Waals surface area contributed by atoms with Gasteiger partial charge in [0.1, 0.15) is 5.52 Å². The number of aromatic nitrogens is 1. The first kappa shape index (κ1) is 13.6. The Kier molecular flexibility index (Phi) is 3.34. The van der Waals surface area contributed by atoms with E-state index in [1.165, 1.54) is 6.07 Å². The third-order valence-electron chi connectivity index (χ3n) is 3.88. The van der Waals surface area contributed by atoms with Crippen molar-refractivity contribution in [2.24, 2.45) is 0 Å². The molecule has 0 bridgehead atoms. The number of nitro groups is 1. The molecule has 0 radical (unpaired) electrons. The van der Waals surface area contributed by atoms with E-state index in [0.717, 1.165) is 37.3 Å². The van der Waals surface area contributed by atoms with Gasteiger partial charge in [-0.15, -0.1) is 0 Å². The second-order valence-corrected chi connectivity index (χ2v) is 5.21. The Labute approximate surface area is 121 Å². The molecule has 1 aliphatic heterocycles. The maximum absolute atomic E-state index is 10.9. The van der Waals surface area contributed by atoms with Crippen LogP contribution in [0.1, 0.15) is 0 Å². The minimum atomic E-state index is -0.598. The Morgan fingerprint density at radius 3 is 2.62 bits per heavy atom. The summed E-state index contributed by atoms with van der Waals surface area (Å²) in [5.74, 6) is -0.367. The fraction of sp³-hybridized carbons (Fsp3) is 0.357. The van der Waals surface area contributed by atoms with Gasteiger partial charge >= 0.3 is 5.69 Å². The van der Waals surface area contributed by atoms with Crippen LogP contribution in [0.15, 0.2) is 24.4 Å². The highest BCUT2D eigenvalue weighted by molar-refractivity contribution is 5.97. The summed E-state index contributed by atoms with van der Waals surface area (Å²) in [6, 6.07) is 4.88. The van der Waals surface area contributed by atoms with Crippen LogP contribution >= 0.6 is 0 Å². The number of phenolic OH excluding ortho intramolecular Hbond substituents is 1. The van der Waals surface area contributed by atoms with Crippen molar-refractivity contribution in [3.63, 3.8) is 0 Å². The number of pyridine rings is 1. The summed E-state index contributed by atoms with van der Waals surface area (Å²) < 4.78 is 0. The zero-order chi connectivity index (χ0) is 15.0. The van der Waals surface area contributed by atoms with Gasteiger partial charge in [0.05, 0.1) is 4.92 Å². The monoisotopic (exact) mass is 288 g/mol. The zero-order valence-electron chi connectivity index (χ0n) is 11.7. The maximum atomic E-state index is 10.9. The van der Waals surface area contributed by atoms with Crippen LogP contribution in [0.5, 0.6) is 5.75 Å². The zero-order valence-corrected chi connectivity index (χ0v) is 11.7. The quantitative estimate of drug-likeness (QED) is 0.667. The molecule has 2 aromatic rings. The summed E-state index contributed by atoms with van der Waals surface area (Å²) in [5, 5.41) is 21.7. The van der Waals surface area contributed by atoms with E-state index in [-0.39, 0.29) is 17.0 Å². The summed E-state index contributed by atoms with van der Waals surface area (Å²) in [6.07, 6.45) is 1.58. The number of benzene rings is 1. The van der Waals surface area contributed by atoms with E-state index in [9.17, 15) is 15.2 Å². The number of phenols is 1. The summed E-state index contributed by atoms with van der Waals surface area (Å²) in [6.45, 7) is 3.69. The van der Waals surface area contributed by atoms with Gasteiger partial charge in [0.15, 0.2) is 0 Å². The van der Waals surface area contributed by atoms with Crippen LogP contribution in [0, 0.1) is 10.1 Å². The number of hydrogen-bond donors (Lipinski definition) is 1. The average molecular weight is 288 g/mol. The van der Waals surface area contributed by atoms with Crippen molar-refractivity contribution in [2.45, 2.75) is 0 Å². The van der Waals surface area contributed by atoms with Crippen LogP contribution in [0.3, 0.4) is 0 Å². The van der Waals surface area contributed by atoms with E-state index in [2.05, 4.69) is 21.8 Å². The molecule has 1 fully saturated rings. The van der Waals surface area contributed by atoms with E-state index in [0.29, 0.717) is 0 Å². The number of piperazine rings is 1. The van der Waals surface area contributed by atoms with Gasteiger partial charge < -0.3 is 14.9 Å². The summed E-state index contributed by atoms with van der Waals surface area (Å²) in [7, 11) is 2.08. The van der Waals surface area contributed by atoms with Gasteiger partial charge in [-0.1, -0.05) is 0 Å². The topological polar surface area (TPSA) is 82.7 Å². The molecule has 0 atom stereocenters. The van der Waals surface area contributed by atoms with Gasteiger partial charge in [0, 0.05) is 49.5 Å². The normalized spacial score (nSPS) is 16.3. The Morgan fingerprint density at radius 2 is 1.95 bits per heavy atom. The fourth-order valence-electron chi connectivity index (χ4n) is 2.65. The molecule has 7 heteroatoms. The van der Waals surface area contributed by atoms with Crippen LogP contribution in [0.4, 0.5) is 11.4 Å². The third kappa shape index (κ3) is 2.36. The minimum Gasteiger partial charge on any atom is -0.501 e. The number of fused-ring (bicyclic) bond motifs is 1.